The number of ether oxygens (including phenoxy) is 3. The highest BCUT2D eigenvalue weighted by atomic mass is 19.1. The van der Waals surface area contributed by atoms with Gasteiger partial charge in [-0.05, 0) is 24.3 Å². The monoisotopic (exact) mass is 422 g/mol. The minimum atomic E-state index is -0.918. The number of para-hydroxylation sites is 1. The van der Waals surface area contributed by atoms with E-state index in [4.69, 9.17) is 14.2 Å². The Morgan fingerprint density at radius 3 is 2.77 bits per heavy atom. The molecule has 0 aliphatic carbocycles. The summed E-state index contributed by atoms with van der Waals surface area (Å²) in [5, 5.41) is 2.88. The number of halogens is 1. The number of fused-ring (bicyclic) bond motifs is 2. The van der Waals surface area contributed by atoms with Gasteiger partial charge in [0.05, 0.1) is 30.2 Å². The molecule has 0 unspecified atom stereocenters. The first-order valence-corrected chi connectivity index (χ1v) is 10.2. The number of hydrogen-bond acceptors (Lipinski definition) is 5. The van der Waals surface area contributed by atoms with E-state index >= 15 is 0 Å². The van der Waals surface area contributed by atoms with Gasteiger partial charge >= 0.3 is 0 Å². The summed E-state index contributed by atoms with van der Waals surface area (Å²) in [6.45, 7) is 1.10. The zero-order valence-electron chi connectivity index (χ0n) is 16.4. The molecule has 4 aliphatic rings. The highest BCUT2D eigenvalue weighted by Crippen LogP contribution is 2.53. The molecule has 4 heterocycles. The van der Waals surface area contributed by atoms with Gasteiger partial charge in [-0.15, -0.1) is 0 Å². The Morgan fingerprint density at radius 1 is 1.13 bits per heavy atom. The number of anilines is 2. The van der Waals surface area contributed by atoms with Gasteiger partial charge in [-0.3, -0.25) is 9.59 Å². The normalized spacial score (nSPS) is 29.9. The van der Waals surface area contributed by atoms with Crippen LogP contribution in [-0.4, -0.2) is 43.3 Å². The second-order valence-corrected chi connectivity index (χ2v) is 8.12. The van der Waals surface area contributed by atoms with E-state index in [9.17, 15) is 14.0 Å². The zero-order chi connectivity index (χ0) is 21.2. The fourth-order valence-electron chi connectivity index (χ4n) is 5.02. The van der Waals surface area contributed by atoms with Crippen LogP contribution in [0.1, 0.15) is 0 Å². The van der Waals surface area contributed by atoms with Crippen molar-refractivity contribution in [3.8, 4) is 11.5 Å². The maximum Gasteiger partial charge on any atom is 0.234 e. The lowest BCUT2D eigenvalue weighted by Gasteiger charge is -2.24. The summed E-state index contributed by atoms with van der Waals surface area (Å²) in [6, 6.07) is 11.3. The molecular formula is C23H19FN2O5. The van der Waals surface area contributed by atoms with Crippen molar-refractivity contribution >= 4 is 23.2 Å². The van der Waals surface area contributed by atoms with E-state index in [2.05, 4.69) is 5.32 Å². The smallest absolute Gasteiger partial charge is 0.234 e. The minimum absolute atomic E-state index is 0.179. The van der Waals surface area contributed by atoms with Gasteiger partial charge in [-0.2, -0.15) is 0 Å². The van der Waals surface area contributed by atoms with E-state index in [0.29, 0.717) is 30.4 Å². The fraction of sp³-hybridized carbons (Fsp3) is 0.304. The number of benzene rings is 2. The van der Waals surface area contributed by atoms with Crippen LogP contribution in [0.25, 0.3) is 0 Å². The standard InChI is InChI=1S/C23H19FN2O5/c24-14-3-1-2-4-15(14)26-12-23-8-7-17(31-23)19(20(23)22(26)28)21(27)25-13-5-6-16-18(11-13)30-10-9-29-16/h1-8,11,17,19-20H,9-10,12H2,(H,25,27)/t17-,19-,20+,23+/m1/s1. The molecule has 2 amide bonds. The van der Waals surface area contributed by atoms with E-state index in [1.54, 1.807) is 36.4 Å². The first kappa shape index (κ1) is 18.4. The van der Waals surface area contributed by atoms with Crippen molar-refractivity contribution in [2.45, 2.75) is 11.7 Å². The number of hydrogen-bond donors (Lipinski definition) is 1. The van der Waals surface area contributed by atoms with Crippen molar-refractivity contribution in [1.29, 1.82) is 0 Å². The van der Waals surface area contributed by atoms with E-state index in [1.807, 2.05) is 12.2 Å². The quantitative estimate of drug-likeness (QED) is 0.770. The molecule has 2 aromatic rings. The predicted molar refractivity (Wildman–Crippen MR) is 109 cm³/mol. The Kier molecular flexibility index (Phi) is 3.89. The van der Waals surface area contributed by atoms with Gasteiger partial charge < -0.3 is 24.4 Å². The lowest BCUT2D eigenvalue weighted by atomic mass is 9.77. The average Bonchev–Trinajstić information content (AvgIpc) is 3.42. The molecule has 158 valence electrons. The molecule has 31 heavy (non-hydrogen) atoms. The summed E-state index contributed by atoms with van der Waals surface area (Å²) in [5.41, 5.74) is -0.173. The predicted octanol–water partition coefficient (Wildman–Crippen LogP) is 2.52. The Balaban J connectivity index is 1.28. The van der Waals surface area contributed by atoms with Crippen LogP contribution in [-0.2, 0) is 14.3 Å². The molecule has 2 bridgehead atoms. The number of carbonyl (C=O) groups excluding carboxylic acids is 2. The van der Waals surface area contributed by atoms with Crippen LogP contribution in [0, 0.1) is 17.7 Å². The van der Waals surface area contributed by atoms with Crippen LogP contribution < -0.4 is 19.7 Å². The first-order valence-electron chi connectivity index (χ1n) is 10.2. The van der Waals surface area contributed by atoms with Crippen LogP contribution >= 0.6 is 0 Å². The van der Waals surface area contributed by atoms with Crippen LogP contribution in [0.2, 0.25) is 0 Å². The summed E-state index contributed by atoms with van der Waals surface area (Å²) >= 11 is 0. The van der Waals surface area contributed by atoms with Gasteiger partial charge in [-0.1, -0.05) is 24.3 Å². The molecule has 0 radical (unpaired) electrons. The first-order chi connectivity index (χ1) is 15.1. The number of nitrogens with zero attached hydrogens (tertiary/aromatic N) is 1. The topological polar surface area (TPSA) is 77.1 Å². The Morgan fingerprint density at radius 2 is 1.94 bits per heavy atom. The van der Waals surface area contributed by atoms with Crippen LogP contribution in [0.5, 0.6) is 11.5 Å². The summed E-state index contributed by atoms with van der Waals surface area (Å²) in [5.74, 6) is -1.33. The molecular weight excluding hydrogens is 403 g/mol. The van der Waals surface area contributed by atoms with Crippen molar-refractivity contribution in [2.75, 3.05) is 30.0 Å². The molecule has 1 spiro atoms. The molecule has 2 fully saturated rings. The van der Waals surface area contributed by atoms with Crippen LogP contribution in [0.3, 0.4) is 0 Å². The van der Waals surface area contributed by atoms with E-state index in [1.165, 1.54) is 11.0 Å². The maximum atomic E-state index is 14.4. The van der Waals surface area contributed by atoms with Crippen molar-refractivity contribution in [3.05, 3.63) is 60.4 Å². The molecule has 6 rings (SSSR count). The van der Waals surface area contributed by atoms with Gasteiger partial charge in [0, 0.05) is 11.8 Å². The number of rotatable bonds is 3. The van der Waals surface area contributed by atoms with Crippen molar-refractivity contribution in [1.82, 2.24) is 0 Å². The van der Waals surface area contributed by atoms with Gasteiger partial charge in [0.1, 0.15) is 24.6 Å². The molecule has 0 saturated carbocycles. The molecule has 2 aromatic carbocycles. The third-order valence-electron chi connectivity index (χ3n) is 6.36. The highest BCUT2D eigenvalue weighted by molar-refractivity contribution is 6.05. The minimum Gasteiger partial charge on any atom is -0.486 e. The van der Waals surface area contributed by atoms with Gasteiger partial charge in [0.2, 0.25) is 11.8 Å². The lowest BCUT2D eigenvalue weighted by molar-refractivity contribution is -0.128. The van der Waals surface area contributed by atoms with Gasteiger partial charge in [-0.25, -0.2) is 4.39 Å². The Hall–Kier alpha value is -3.39. The second kappa shape index (κ2) is 6.55. The molecule has 4 aliphatic heterocycles. The fourth-order valence-corrected chi connectivity index (χ4v) is 5.02. The lowest BCUT2D eigenvalue weighted by Crippen LogP contribution is -2.41. The van der Waals surface area contributed by atoms with Crippen LogP contribution in [0.4, 0.5) is 15.8 Å². The molecule has 0 aromatic heterocycles. The second-order valence-electron chi connectivity index (χ2n) is 8.12. The summed E-state index contributed by atoms with van der Waals surface area (Å²) < 4.78 is 31.5. The SMILES string of the molecule is O=C(Nc1ccc2c(c1)OCCO2)[C@H]1[C@H]2C(=O)N(c3ccccc3F)C[C@@]23C=C[C@H]1O3. The molecule has 8 heteroatoms. The van der Waals surface area contributed by atoms with Gasteiger partial charge in [0.15, 0.2) is 11.5 Å². The van der Waals surface area contributed by atoms with Crippen molar-refractivity contribution < 1.29 is 28.2 Å². The maximum absolute atomic E-state index is 14.4. The largest absolute Gasteiger partial charge is 0.486 e. The summed E-state index contributed by atoms with van der Waals surface area (Å²) in [4.78, 5) is 27.9. The zero-order valence-corrected chi connectivity index (χ0v) is 16.4. The third kappa shape index (κ3) is 2.68. The van der Waals surface area contributed by atoms with E-state index < -0.39 is 29.4 Å². The van der Waals surface area contributed by atoms with E-state index in [0.717, 1.165) is 0 Å². The number of nitrogens with one attached hydrogen (secondary N) is 1. The number of amides is 2. The van der Waals surface area contributed by atoms with Crippen molar-refractivity contribution in [2.24, 2.45) is 11.8 Å². The van der Waals surface area contributed by atoms with Crippen LogP contribution in [0.15, 0.2) is 54.6 Å². The molecule has 7 nitrogen and oxygen atoms in total. The molecule has 4 atom stereocenters. The molecule has 2 saturated heterocycles. The Bertz CT molecular complexity index is 1130. The van der Waals surface area contributed by atoms with E-state index in [-0.39, 0.29) is 24.0 Å². The molecule has 1 N–H and O–H groups in total. The number of carbonyl (C=O) groups is 2. The summed E-state index contributed by atoms with van der Waals surface area (Å²) in [7, 11) is 0. The average molecular weight is 422 g/mol. The summed E-state index contributed by atoms with van der Waals surface area (Å²) in [6.07, 6.45) is 3.17. The highest BCUT2D eigenvalue weighted by Gasteiger charge is 2.67. The third-order valence-corrected chi connectivity index (χ3v) is 6.36. The Labute approximate surface area is 177 Å². The van der Waals surface area contributed by atoms with Crippen molar-refractivity contribution in [3.63, 3.8) is 0 Å². The van der Waals surface area contributed by atoms with Gasteiger partial charge in [0.25, 0.3) is 0 Å².